The third kappa shape index (κ3) is 4.07. The molecule has 1 heterocycles. The number of nitrogens with zero attached hydrogens (tertiary/aromatic N) is 1. The second-order valence-electron chi connectivity index (χ2n) is 4.94. The van der Waals surface area contributed by atoms with Gasteiger partial charge in [-0.25, -0.2) is 4.39 Å². The predicted molar refractivity (Wildman–Crippen MR) is 75.4 cm³/mol. The standard InChI is InChI=1S/C14H16ClFN2O3/c15-11-6-10(16)3-4-12(11)21-8-13(19)18-5-1-2-9(7-18)14(17)20/h3-4,6,9H,1-2,5,7-8H2,(H2,17,20). The van der Waals surface area contributed by atoms with E-state index in [2.05, 4.69) is 0 Å². The fourth-order valence-electron chi connectivity index (χ4n) is 2.26. The highest BCUT2D eigenvalue weighted by Crippen LogP contribution is 2.25. The topological polar surface area (TPSA) is 72.6 Å². The molecule has 5 nitrogen and oxygen atoms in total. The minimum Gasteiger partial charge on any atom is -0.482 e. The van der Waals surface area contributed by atoms with Crippen LogP contribution < -0.4 is 10.5 Å². The Kier molecular flexibility index (Phi) is 5.01. The number of piperidine rings is 1. The van der Waals surface area contributed by atoms with Gasteiger partial charge in [-0.3, -0.25) is 9.59 Å². The Morgan fingerprint density at radius 1 is 1.48 bits per heavy atom. The molecule has 2 amide bonds. The molecule has 0 spiro atoms. The fourth-order valence-corrected chi connectivity index (χ4v) is 2.48. The van der Waals surface area contributed by atoms with Gasteiger partial charge in [-0.05, 0) is 31.0 Å². The van der Waals surface area contributed by atoms with Gasteiger partial charge in [0.05, 0.1) is 10.9 Å². The van der Waals surface area contributed by atoms with E-state index in [0.717, 1.165) is 12.5 Å². The first-order valence-corrected chi connectivity index (χ1v) is 7.00. The smallest absolute Gasteiger partial charge is 0.260 e. The molecule has 1 atom stereocenters. The number of amides is 2. The third-order valence-corrected chi connectivity index (χ3v) is 3.72. The zero-order chi connectivity index (χ0) is 15.4. The third-order valence-electron chi connectivity index (χ3n) is 3.42. The van der Waals surface area contributed by atoms with Gasteiger partial charge in [-0.15, -0.1) is 0 Å². The summed E-state index contributed by atoms with van der Waals surface area (Å²) in [6.07, 6.45) is 1.43. The molecule has 0 saturated carbocycles. The number of hydrogen-bond donors (Lipinski definition) is 1. The molecular formula is C14H16ClFN2O3. The van der Waals surface area contributed by atoms with Gasteiger partial charge in [-0.1, -0.05) is 11.6 Å². The Hall–Kier alpha value is -1.82. The summed E-state index contributed by atoms with van der Waals surface area (Å²) in [6.45, 7) is 0.675. The molecule has 1 saturated heterocycles. The van der Waals surface area contributed by atoms with E-state index in [-0.39, 0.29) is 29.2 Å². The number of ether oxygens (including phenoxy) is 1. The molecule has 7 heteroatoms. The number of rotatable bonds is 4. The molecule has 21 heavy (non-hydrogen) atoms. The molecule has 114 valence electrons. The van der Waals surface area contributed by atoms with E-state index in [1.165, 1.54) is 12.1 Å². The van der Waals surface area contributed by atoms with Crippen molar-refractivity contribution < 1.29 is 18.7 Å². The molecule has 1 aromatic rings. The Balaban J connectivity index is 1.90. The average molecular weight is 315 g/mol. The summed E-state index contributed by atoms with van der Waals surface area (Å²) in [4.78, 5) is 24.8. The number of carbonyl (C=O) groups excluding carboxylic acids is 2. The summed E-state index contributed by atoms with van der Waals surface area (Å²) in [5.74, 6) is -1.18. The summed E-state index contributed by atoms with van der Waals surface area (Å²) < 4.78 is 18.2. The second-order valence-corrected chi connectivity index (χ2v) is 5.35. The average Bonchev–Trinajstić information content (AvgIpc) is 2.46. The number of carbonyl (C=O) groups is 2. The van der Waals surface area contributed by atoms with Gasteiger partial charge in [0.2, 0.25) is 5.91 Å². The number of likely N-dealkylation sites (tertiary alicyclic amines) is 1. The Morgan fingerprint density at radius 2 is 2.24 bits per heavy atom. The van der Waals surface area contributed by atoms with Crippen LogP contribution in [0.3, 0.4) is 0 Å². The van der Waals surface area contributed by atoms with Crippen molar-refractivity contribution in [2.45, 2.75) is 12.8 Å². The van der Waals surface area contributed by atoms with Crippen LogP contribution in [0, 0.1) is 11.7 Å². The minimum atomic E-state index is -0.473. The summed E-state index contributed by atoms with van der Waals surface area (Å²) >= 11 is 5.81. The molecule has 0 aromatic heterocycles. The predicted octanol–water partition coefficient (Wildman–Crippen LogP) is 1.58. The highest BCUT2D eigenvalue weighted by molar-refractivity contribution is 6.32. The van der Waals surface area contributed by atoms with Crippen LogP contribution in [0.15, 0.2) is 18.2 Å². The van der Waals surface area contributed by atoms with Crippen LogP contribution in [0.1, 0.15) is 12.8 Å². The van der Waals surface area contributed by atoms with Crippen LogP contribution in [0.5, 0.6) is 5.75 Å². The summed E-state index contributed by atoms with van der Waals surface area (Å²) in [5, 5.41) is 0.108. The monoisotopic (exact) mass is 314 g/mol. The lowest BCUT2D eigenvalue weighted by atomic mass is 9.97. The van der Waals surface area contributed by atoms with Gasteiger partial charge in [-0.2, -0.15) is 0 Å². The van der Waals surface area contributed by atoms with Crippen LogP contribution in [-0.2, 0) is 9.59 Å². The van der Waals surface area contributed by atoms with E-state index in [1.54, 1.807) is 4.90 Å². The number of hydrogen-bond acceptors (Lipinski definition) is 3. The van der Waals surface area contributed by atoms with Crippen molar-refractivity contribution in [1.29, 1.82) is 0 Å². The van der Waals surface area contributed by atoms with Crippen LogP contribution in [0.25, 0.3) is 0 Å². The molecule has 2 N–H and O–H groups in total. The van der Waals surface area contributed by atoms with Crippen molar-refractivity contribution in [3.05, 3.63) is 29.0 Å². The summed E-state index contributed by atoms with van der Waals surface area (Å²) in [6, 6.07) is 3.69. The van der Waals surface area contributed by atoms with Crippen LogP contribution in [-0.4, -0.2) is 36.4 Å². The lowest BCUT2D eigenvalue weighted by Crippen LogP contribution is -2.45. The molecule has 2 rings (SSSR count). The van der Waals surface area contributed by atoms with Crippen molar-refractivity contribution in [3.63, 3.8) is 0 Å². The van der Waals surface area contributed by atoms with E-state index in [0.29, 0.717) is 19.5 Å². The van der Waals surface area contributed by atoms with Gasteiger partial charge in [0.15, 0.2) is 6.61 Å². The minimum absolute atomic E-state index is 0.108. The first-order chi connectivity index (χ1) is 9.97. The molecular weight excluding hydrogens is 299 g/mol. The first-order valence-electron chi connectivity index (χ1n) is 6.62. The van der Waals surface area contributed by atoms with Crippen LogP contribution in [0.2, 0.25) is 5.02 Å². The van der Waals surface area contributed by atoms with Crippen LogP contribution >= 0.6 is 11.6 Å². The lowest BCUT2D eigenvalue weighted by molar-refractivity contribution is -0.136. The second kappa shape index (κ2) is 6.76. The maximum atomic E-state index is 12.9. The van der Waals surface area contributed by atoms with E-state index >= 15 is 0 Å². The SMILES string of the molecule is NC(=O)C1CCCN(C(=O)COc2ccc(F)cc2Cl)C1. The molecule has 0 radical (unpaired) electrons. The zero-order valence-electron chi connectivity index (χ0n) is 11.4. The largest absolute Gasteiger partial charge is 0.482 e. The molecule has 1 aliphatic heterocycles. The maximum absolute atomic E-state index is 12.9. The highest BCUT2D eigenvalue weighted by atomic mass is 35.5. The van der Waals surface area contributed by atoms with Gasteiger partial charge in [0.25, 0.3) is 5.91 Å². The number of halogens is 2. The van der Waals surface area contributed by atoms with Gasteiger partial charge >= 0.3 is 0 Å². The van der Waals surface area contributed by atoms with Crippen molar-refractivity contribution in [2.75, 3.05) is 19.7 Å². The van der Waals surface area contributed by atoms with E-state index in [1.807, 2.05) is 0 Å². The van der Waals surface area contributed by atoms with E-state index < -0.39 is 11.7 Å². The number of benzene rings is 1. The number of primary amides is 1. The maximum Gasteiger partial charge on any atom is 0.260 e. The molecule has 1 aromatic carbocycles. The van der Waals surface area contributed by atoms with Crippen molar-refractivity contribution in [2.24, 2.45) is 11.7 Å². The molecule has 0 bridgehead atoms. The Morgan fingerprint density at radius 3 is 2.90 bits per heavy atom. The van der Waals surface area contributed by atoms with Gasteiger partial charge in [0.1, 0.15) is 11.6 Å². The quantitative estimate of drug-likeness (QED) is 0.917. The van der Waals surface area contributed by atoms with Crippen molar-refractivity contribution >= 4 is 23.4 Å². The van der Waals surface area contributed by atoms with Crippen molar-refractivity contribution in [3.8, 4) is 5.75 Å². The lowest BCUT2D eigenvalue weighted by Gasteiger charge is -2.31. The summed E-state index contributed by atoms with van der Waals surface area (Å²) in [7, 11) is 0. The molecule has 1 fully saturated rings. The molecule has 1 aliphatic rings. The number of nitrogens with two attached hydrogens (primary N) is 1. The highest BCUT2D eigenvalue weighted by Gasteiger charge is 2.27. The van der Waals surface area contributed by atoms with E-state index in [4.69, 9.17) is 22.1 Å². The first kappa shape index (κ1) is 15.6. The fraction of sp³-hybridized carbons (Fsp3) is 0.429. The van der Waals surface area contributed by atoms with Crippen molar-refractivity contribution in [1.82, 2.24) is 4.90 Å². The van der Waals surface area contributed by atoms with E-state index in [9.17, 15) is 14.0 Å². The van der Waals surface area contributed by atoms with Gasteiger partial charge < -0.3 is 15.4 Å². The normalized spacial score (nSPS) is 18.4. The van der Waals surface area contributed by atoms with Crippen LogP contribution in [0.4, 0.5) is 4.39 Å². The van der Waals surface area contributed by atoms with Gasteiger partial charge in [0, 0.05) is 13.1 Å². The Labute approximate surface area is 126 Å². The zero-order valence-corrected chi connectivity index (χ0v) is 12.1. The molecule has 1 unspecified atom stereocenters. The Bertz CT molecular complexity index is 553. The molecule has 0 aliphatic carbocycles. The summed E-state index contributed by atoms with van der Waals surface area (Å²) in [5.41, 5.74) is 5.27.